The van der Waals surface area contributed by atoms with Crippen molar-refractivity contribution in [1.29, 1.82) is 0 Å². The number of amides is 1. The highest BCUT2D eigenvalue weighted by Gasteiger charge is 2.30. The van der Waals surface area contributed by atoms with E-state index in [2.05, 4.69) is 5.32 Å². The summed E-state index contributed by atoms with van der Waals surface area (Å²) in [4.78, 5) is 12.7. The van der Waals surface area contributed by atoms with E-state index in [0.29, 0.717) is 25.9 Å². The van der Waals surface area contributed by atoms with Gasteiger partial charge in [-0.15, -0.1) is 0 Å². The molecule has 1 N–H and O–H groups in total. The van der Waals surface area contributed by atoms with Gasteiger partial charge in [0.2, 0.25) is 15.9 Å². The number of rotatable bonds is 6. The van der Waals surface area contributed by atoms with Crippen molar-refractivity contribution in [2.24, 2.45) is 5.92 Å². The molecule has 26 heavy (non-hydrogen) atoms. The minimum Gasteiger partial charge on any atom is -0.349 e. The number of benzene rings is 1. The zero-order chi connectivity index (χ0) is 19.5. The van der Waals surface area contributed by atoms with E-state index in [1.807, 2.05) is 6.92 Å². The van der Waals surface area contributed by atoms with Crippen LogP contribution in [-0.4, -0.2) is 52.1 Å². The number of carbonyl (C=O) groups excluding carboxylic acids is 1. The predicted octanol–water partition coefficient (Wildman–Crippen LogP) is 1.33. The normalized spacial score (nSPS) is 18.4. The van der Waals surface area contributed by atoms with Crippen LogP contribution in [0.2, 0.25) is 0 Å². The first-order valence-electron chi connectivity index (χ1n) is 8.63. The van der Waals surface area contributed by atoms with E-state index in [4.69, 9.17) is 0 Å². The van der Waals surface area contributed by atoms with Crippen LogP contribution in [0, 0.1) is 5.92 Å². The molecular weight excluding hydrogens is 376 g/mol. The molecule has 1 atom stereocenters. The van der Waals surface area contributed by atoms with Gasteiger partial charge in [-0.2, -0.15) is 0 Å². The maximum atomic E-state index is 12.5. The lowest BCUT2D eigenvalue weighted by atomic mass is 9.96. The quantitative estimate of drug-likeness (QED) is 0.774. The molecule has 146 valence electrons. The maximum Gasteiger partial charge on any atom is 0.223 e. The molecule has 0 spiro atoms. The Hall–Kier alpha value is -1.45. The molecule has 9 heteroatoms. The fraction of sp³-hybridized carbons (Fsp3) is 0.588. The number of nitrogens with zero attached hydrogens (tertiary/aromatic N) is 1. The van der Waals surface area contributed by atoms with Crippen LogP contribution in [0.1, 0.15) is 38.3 Å². The number of hydrogen-bond acceptors (Lipinski definition) is 5. The van der Waals surface area contributed by atoms with Gasteiger partial charge in [-0.3, -0.25) is 4.79 Å². The molecule has 0 radical (unpaired) electrons. The molecule has 1 heterocycles. The highest BCUT2D eigenvalue weighted by atomic mass is 32.2. The van der Waals surface area contributed by atoms with Gasteiger partial charge < -0.3 is 5.32 Å². The van der Waals surface area contributed by atoms with Crippen molar-refractivity contribution in [3.63, 3.8) is 0 Å². The van der Waals surface area contributed by atoms with E-state index >= 15 is 0 Å². The molecule has 1 aliphatic rings. The first kappa shape index (κ1) is 20.9. The molecule has 1 aromatic rings. The summed E-state index contributed by atoms with van der Waals surface area (Å²) in [5, 5.41) is 2.94. The molecule has 1 aromatic carbocycles. The van der Waals surface area contributed by atoms with Crippen LogP contribution in [0.5, 0.6) is 0 Å². The summed E-state index contributed by atoms with van der Waals surface area (Å²) in [6.45, 7) is 4.19. The summed E-state index contributed by atoms with van der Waals surface area (Å²) in [6.07, 6.45) is 2.16. The monoisotopic (exact) mass is 402 g/mol. The van der Waals surface area contributed by atoms with E-state index in [0.717, 1.165) is 11.8 Å². The van der Waals surface area contributed by atoms with Gasteiger partial charge in [-0.25, -0.2) is 21.1 Å². The van der Waals surface area contributed by atoms with E-state index in [1.54, 1.807) is 19.1 Å². The van der Waals surface area contributed by atoms with E-state index < -0.39 is 19.9 Å². The second-order valence-electron chi connectivity index (χ2n) is 6.65. The Kier molecular flexibility index (Phi) is 6.46. The molecule has 2 rings (SSSR count). The topological polar surface area (TPSA) is 101 Å². The van der Waals surface area contributed by atoms with Gasteiger partial charge in [0, 0.05) is 25.3 Å². The Morgan fingerprint density at radius 2 is 1.69 bits per heavy atom. The highest BCUT2D eigenvalue weighted by Crippen LogP contribution is 2.22. The highest BCUT2D eigenvalue weighted by molar-refractivity contribution is 7.90. The molecular formula is C17H26N2O5S2. The summed E-state index contributed by atoms with van der Waals surface area (Å²) in [5.74, 6) is -0.237. The Morgan fingerprint density at radius 3 is 2.15 bits per heavy atom. The number of hydrogen-bond donors (Lipinski definition) is 1. The summed E-state index contributed by atoms with van der Waals surface area (Å²) in [5.41, 5.74) is 0.816. The first-order chi connectivity index (χ1) is 12.0. The minimum atomic E-state index is -3.25. The number of sulfone groups is 1. The van der Waals surface area contributed by atoms with Gasteiger partial charge in [0.1, 0.15) is 0 Å². The van der Waals surface area contributed by atoms with Crippen LogP contribution in [0.15, 0.2) is 29.2 Å². The van der Waals surface area contributed by atoms with Gasteiger partial charge in [0.05, 0.1) is 16.7 Å². The Morgan fingerprint density at radius 1 is 1.15 bits per heavy atom. The molecule has 0 aliphatic carbocycles. The summed E-state index contributed by atoms with van der Waals surface area (Å²) in [7, 11) is -6.45. The van der Waals surface area contributed by atoms with Gasteiger partial charge in [-0.05, 0) is 44.4 Å². The minimum absolute atomic E-state index is 0.0738. The zero-order valence-electron chi connectivity index (χ0n) is 15.3. The van der Waals surface area contributed by atoms with Crippen molar-refractivity contribution in [2.75, 3.05) is 25.1 Å². The fourth-order valence-corrected chi connectivity index (χ4v) is 4.76. The zero-order valence-corrected chi connectivity index (χ0v) is 16.9. The van der Waals surface area contributed by atoms with Crippen LogP contribution in [0.25, 0.3) is 0 Å². The second kappa shape index (κ2) is 8.06. The van der Waals surface area contributed by atoms with Crippen molar-refractivity contribution in [1.82, 2.24) is 9.62 Å². The second-order valence-corrected chi connectivity index (χ2v) is 10.9. The first-order valence-corrected chi connectivity index (χ1v) is 12.1. The van der Waals surface area contributed by atoms with Crippen molar-refractivity contribution in [2.45, 2.75) is 37.6 Å². The number of carbonyl (C=O) groups is 1. The van der Waals surface area contributed by atoms with Crippen LogP contribution in [0.3, 0.4) is 0 Å². The van der Waals surface area contributed by atoms with Crippen molar-refractivity contribution in [3.05, 3.63) is 29.8 Å². The molecule has 1 saturated heterocycles. The Labute approximate surface area is 155 Å². The molecule has 1 aliphatic heterocycles. The fourth-order valence-electron chi connectivity index (χ4n) is 3.00. The lowest BCUT2D eigenvalue weighted by molar-refractivity contribution is -0.126. The van der Waals surface area contributed by atoms with Crippen molar-refractivity contribution in [3.8, 4) is 0 Å². The van der Waals surface area contributed by atoms with Crippen molar-refractivity contribution >= 4 is 25.8 Å². The van der Waals surface area contributed by atoms with Gasteiger partial charge in [-0.1, -0.05) is 12.1 Å². The van der Waals surface area contributed by atoms with Crippen LogP contribution in [-0.2, 0) is 24.7 Å². The van der Waals surface area contributed by atoms with Crippen LogP contribution < -0.4 is 5.32 Å². The smallest absolute Gasteiger partial charge is 0.223 e. The lowest BCUT2D eigenvalue weighted by Gasteiger charge is -2.31. The summed E-state index contributed by atoms with van der Waals surface area (Å²) in [6, 6.07) is 6.19. The van der Waals surface area contributed by atoms with Gasteiger partial charge in [0.15, 0.2) is 9.84 Å². The Balaban J connectivity index is 1.94. The third kappa shape index (κ3) is 5.05. The van der Waals surface area contributed by atoms with E-state index in [9.17, 15) is 21.6 Å². The Bertz CT molecular complexity index is 840. The summed E-state index contributed by atoms with van der Waals surface area (Å²) < 4.78 is 48.2. The average molecular weight is 403 g/mol. The maximum absolute atomic E-state index is 12.5. The third-order valence-corrected chi connectivity index (χ3v) is 7.76. The van der Waals surface area contributed by atoms with Crippen LogP contribution >= 0.6 is 0 Å². The predicted molar refractivity (Wildman–Crippen MR) is 99.9 cm³/mol. The number of sulfonamides is 1. The van der Waals surface area contributed by atoms with Gasteiger partial charge in [0.25, 0.3) is 0 Å². The molecule has 7 nitrogen and oxygen atoms in total. The standard InChI is InChI=1S/C17H26N2O5S2/c1-4-26(23,24)19-11-9-15(10-12-19)17(20)18-13(2)14-5-7-16(8-6-14)25(3,21)22/h5-8,13,15H,4,9-12H2,1-3H3,(H,18,20)/t13-/m0/s1. The molecule has 1 amide bonds. The molecule has 0 bridgehead atoms. The SMILES string of the molecule is CCS(=O)(=O)N1CCC(C(=O)N[C@@H](C)c2ccc(S(C)(=O)=O)cc2)CC1. The average Bonchev–Trinajstić information content (AvgIpc) is 2.61. The molecule has 1 fully saturated rings. The van der Waals surface area contributed by atoms with Crippen LogP contribution in [0.4, 0.5) is 0 Å². The summed E-state index contributed by atoms with van der Waals surface area (Å²) >= 11 is 0. The number of nitrogens with one attached hydrogen (secondary N) is 1. The molecule has 0 saturated carbocycles. The third-order valence-electron chi connectivity index (χ3n) is 4.75. The number of piperidine rings is 1. The van der Waals surface area contributed by atoms with Gasteiger partial charge >= 0.3 is 0 Å². The van der Waals surface area contributed by atoms with E-state index in [-0.39, 0.29) is 28.5 Å². The van der Waals surface area contributed by atoms with Crippen molar-refractivity contribution < 1.29 is 21.6 Å². The van der Waals surface area contributed by atoms with E-state index in [1.165, 1.54) is 16.4 Å². The molecule has 0 unspecified atom stereocenters. The lowest BCUT2D eigenvalue weighted by Crippen LogP contribution is -2.43. The molecule has 0 aromatic heterocycles. The largest absolute Gasteiger partial charge is 0.349 e.